The fourth-order valence-corrected chi connectivity index (χ4v) is 5.76. The molecule has 0 amide bonds. The summed E-state index contributed by atoms with van der Waals surface area (Å²) in [6.45, 7) is 4.29. The molecule has 0 aliphatic carbocycles. The number of nitrogens with one attached hydrogen (secondary N) is 1. The van der Waals surface area contributed by atoms with Gasteiger partial charge < -0.3 is 10.2 Å². The third kappa shape index (κ3) is 5.10. The summed E-state index contributed by atoms with van der Waals surface area (Å²) in [5.74, 6) is 1.05. The Morgan fingerprint density at radius 2 is 1.73 bits per heavy atom. The number of aryl methyl sites for hydroxylation is 2. The van der Waals surface area contributed by atoms with Crippen LogP contribution in [0.15, 0.2) is 77.9 Å². The van der Waals surface area contributed by atoms with Crippen LogP contribution >= 0.6 is 11.6 Å². The first kappa shape index (κ1) is 26.2. The fourth-order valence-electron chi connectivity index (χ4n) is 5.48. The van der Waals surface area contributed by atoms with Gasteiger partial charge in [0.05, 0.1) is 5.69 Å². The summed E-state index contributed by atoms with van der Waals surface area (Å²) in [6, 6.07) is 19.9. The topological polar surface area (TPSA) is 75.9 Å². The van der Waals surface area contributed by atoms with E-state index in [2.05, 4.69) is 56.5 Å². The van der Waals surface area contributed by atoms with E-state index in [0.29, 0.717) is 33.7 Å². The van der Waals surface area contributed by atoms with Crippen LogP contribution in [0.2, 0.25) is 5.02 Å². The van der Waals surface area contributed by atoms with E-state index in [9.17, 15) is 4.79 Å². The first-order valence-corrected chi connectivity index (χ1v) is 13.9. The van der Waals surface area contributed by atoms with E-state index < -0.39 is 0 Å². The van der Waals surface area contributed by atoms with Gasteiger partial charge in [0.1, 0.15) is 5.65 Å². The standard InChI is InChI=1S/C32H31ClN6O/c1-20-5-4-14-34-29(20)23-8-11-26(28(33)18-23)27-17-24-19-35-32(37-30(24)39(3)31(27)40)36-25-9-6-21(7-10-25)22-12-15-38(2)16-13-22/h4-11,14,17-19,22H,12-13,15-16H2,1-3H3,(H,35,36,37). The van der Waals surface area contributed by atoms with E-state index in [0.717, 1.165) is 41.0 Å². The van der Waals surface area contributed by atoms with Crippen molar-refractivity contribution >= 4 is 34.3 Å². The van der Waals surface area contributed by atoms with Crippen LogP contribution < -0.4 is 10.9 Å². The lowest BCUT2D eigenvalue weighted by molar-refractivity contribution is 0.255. The molecule has 1 aliphatic rings. The van der Waals surface area contributed by atoms with Crippen LogP contribution in [0.3, 0.4) is 0 Å². The SMILES string of the molecule is Cc1cccnc1-c1ccc(-c2cc3cnc(Nc4ccc(C5CCN(C)CC5)cc4)nc3n(C)c2=O)c(Cl)c1. The van der Waals surface area contributed by atoms with Gasteiger partial charge in [-0.15, -0.1) is 0 Å². The summed E-state index contributed by atoms with van der Waals surface area (Å²) in [5, 5.41) is 4.53. The number of rotatable bonds is 5. The van der Waals surface area contributed by atoms with Gasteiger partial charge in [0.2, 0.25) is 5.95 Å². The Labute approximate surface area is 238 Å². The third-order valence-electron chi connectivity index (χ3n) is 7.85. The molecule has 1 saturated heterocycles. The van der Waals surface area contributed by atoms with Crippen LogP contribution in [-0.4, -0.2) is 44.6 Å². The van der Waals surface area contributed by atoms with Gasteiger partial charge in [-0.3, -0.25) is 14.3 Å². The highest BCUT2D eigenvalue weighted by Gasteiger charge is 2.18. The second-order valence-electron chi connectivity index (χ2n) is 10.6. The minimum absolute atomic E-state index is 0.178. The predicted molar refractivity (Wildman–Crippen MR) is 162 cm³/mol. The molecule has 0 spiro atoms. The molecule has 7 nitrogen and oxygen atoms in total. The molecule has 0 radical (unpaired) electrons. The zero-order valence-electron chi connectivity index (χ0n) is 22.9. The molecule has 3 aromatic heterocycles. The van der Waals surface area contributed by atoms with Gasteiger partial charge in [-0.1, -0.05) is 41.9 Å². The second kappa shape index (κ2) is 10.8. The molecule has 40 heavy (non-hydrogen) atoms. The molecule has 8 heteroatoms. The molecule has 0 bridgehead atoms. The third-order valence-corrected chi connectivity index (χ3v) is 8.16. The molecule has 202 valence electrons. The van der Waals surface area contributed by atoms with Gasteiger partial charge in [0, 0.05) is 52.2 Å². The molecule has 6 rings (SSSR count). The van der Waals surface area contributed by atoms with Gasteiger partial charge in [-0.2, -0.15) is 4.98 Å². The summed E-state index contributed by atoms with van der Waals surface area (Å²) < 4.78 is 1.55. The van der Waals surface area contributed by atoms with Gasteiger partial charge in [-0.25, -0.2) is 4.98 Å². The quantitative estimate of drug-likeness (QED) is 0.267. The maximum Gasteiger partial charge on any atom is 0.259 e. The van der Waals surface area contributed by atoms with Crippen molar-refractivity contribution in [2.24, 2.45) is 7.05 Å². The highest BCUT2D eigenvalue weighted by atomic mass is 35.5. The summed E-state index contributed by atoms with van der Waals surface area (Å²) in [6.07, 6.45) is 5.87. The van der Waals surface area contributed by atoms with Crippen molar-refractivity contribution < 1.29 is 0 Å². The molecule has 1 aliphatic heterocycles. The molecular formula is C32H31ClN6O. The van der Waals surface area contributed by atoms with E-state index in [1.54, 1.807) is 24.0 Å². The lowest BCUT2D eigenvalue weighted by atomic mass is 9.89. The molecule has 0 unspecified atom stereocenters. The average Bonchev–Trinajstić information content (AvgIpc) is 2.96. The molecule has 0 saturated carbocycles. The summed E-state index contributed by atoms with van der Waals surface area (Å²) in [5.41, 5.74) is 6.64. The van der Waals surface area contributed by atoms with E-state index in [-0.39, 0.29) is 5.56 Å². The van der Waals surface area contributed by atoms with Gasteiger partial charge in [0.25, 0.3) is 5.56 Å². The van der Waals surface area contributed by atoms with E-state index >= 15 is 0 Å². The first-order chi connectivity index (χ1) is 19.4. The Bertz CT molecular complexity index is 1760. The molecule has 1 N–H and O–H groups in total. The van der Waals surface area contributed by atoms with Crippen molar-refractivity contribution in [3.63, 3.8) is 0 Å². The van der Waals surface area contributed by atoms with Crippen molar-refractivity contribution in [2.75, 3.05) is 25.5 Å². The summed E-state index contributed by atoms with van der Waals surface area (Å²) in [7, 11) is 3.90. The smallest absolute Gasteiger partial charge is 0.259 e. The fraction of sp³-hybridized carbons (Fsp3) is 0.250. The number of hydrogen-bond donors (Lipinski definition) is 1. The van der Waals surface area contributed by atoms with Crippen LogP contribution in [0.5, 0.6) is 0 Å². The van der Waals surface area contributed by atoms with Gasteiger partial charge in [0.15, 0.2) is 0 Å². The largest absolute Gasteiger partial charge is 0.324 e. The Morgan fingerprint density at radius 1 is 0.950 bits per heavy atom. The normalized spacial score (nSPS) is 14.5. The monoisotopic (exact) mass is 550 g/mol. The predicted octanol–water partition coefficient (Wildman–Crippen LogP) is 6.57. The molecule has 1 fully saturated rings. The number of aromatic nitrogens is 4. The second-order valence-corrected chi connectivity index (χ2v) is 11.0. The Balaban J connectivity index is 1.26. The zero-order valence-corrected chi connectivity index (χ0v) is 23.6. The zero-order chi connectivity index (χ0) is 27.8. The maximum atomic E-state index is 13.4. The van der Waals surface area contributed by atoms with E-state index in [4.69, 9.17) is 11.6 Å². The molecule has 2 aromatic carbocycles. The minimum atomic E-state index is -0.178. The number of piperidine rings is 1. The van der Waals surface area contributed by atoms with E-state index in [1.165, 1.54) is 18.4 Å². The molecule has 4 heterocycles. The highest BCUT2D eigenvalue weighted by molar-refractivity contribution is 6.33. The van der Waals surface area contributed by atoms with Crippen LogP contribution in [0.4, 0.5) is 11.6 Å². The van der Waals surface area contributed by atoms with E-state index in [1.807, 2.05) is 43.3 Å². The van der Waals surface area contributed by atoms with Crippen LogP contribution in [0.1, 0.15) is 29.9 Å². The van der Waals surface area contributed by atoms with Crippen LogP contribution in [-0.2, 0) is 7.05 Å². The number of pyridine rings is 2. The Kier molecular flexibility index (Phi) is 7.09. The lowest BCUT2D eigenvalue weighted by Gasteiger charge is -2.29. The molecular weight excluding hydrogens is 520 g/mol. The summed E-state index contributed by atoms with van der Waals surface area (Å²) >= 11 is 6.70. The number of halogens is 1. The first-order valence-electron chi connectivity index (χ1n) is 13.5. The van der Waals surface area contributed by atoms with Gasteiger partial charge >= 0.3 is 0 Å². The highest BCUT2D eigenvalue weighted by Crippen LogP contribution is 2.33. The van der Waals surface area contributed by atoms with Crippen molar-refractivity contribution in [1.29, 1.82) is 0 Å². The Hall–Kier alpha value is -4.07. The van der Waals surface area contributed by atoms with Crippen molar-refractivity contribution in [2.45, 2.75) is 25.7 Å². The lowest BCUT2D eigenvalue weighted by Crippen LogP contribution is -2.29. The maximum absolute atomic E-state index is 13.4. The molecule has 0 atom stereocenters. The van der Waals surface area contributed by atoms with Crippen LogP contribution in [0.25, 0.3) is 33.4 Å². The van der Waals surface area contributed by atoms with Crippen molar-refractivity contribution in [1.82, 2.24) is 24.4 Å². The van der Waals surface area contributed by atoms with Crippen molar-refractivity contribution in [3.05, 3.63) is 99.6 Å². The number of hydrogen-bond acceptors (Lipinski definition) is 6. The van der Waals surface area contributed by atoms with Crippen LogP contribution in [0, 0.1) is 6.92 Å². The number of anilines is 2. The average molecular weight is 551 g/mol. The molecule has 5 aromatic rings. The van der Waals surface area contributed by atoms with Crippen molar-refractivity contribution in [3.8, 4) is 22.4 Å². The number of fused-ring (bicyclic) bond motifs is 1. The Morgan fingerprint density at radius 3 is 2.45 bits per heavy atom. The number of benzene rings is 2. The minimum Gasteiger partial charge on any atom is -0.324 e. The van der Waals surface area contributed by atoms with Gasteiger partial charge in [-0.05, 0) is 87.3 Å². The number of nitrogens with zero attached hydrogens (tertiary/aromatic N) is 5. The summed E-state index contributed by atoms with van der Waals surface area (Å²) in [4.78, 5) is 29.5. The number of likely N-dealkylation sites (tertiary alicyclic amines) is 1.